The molecule has 1 aromatic heterocycles. The first kappa shape index (κ1) is 17.2. The van der Waals surface area contributed by atoms with Gasteiger partial charge in [0, 0.05) is 32.0 Å². The Morgan fingerprint density at radius 1 is 1.48 bits per heavy atom. The molecule has 0 bridgehead atoms. The van der Waals surface area contributed by atoms with Crippen LogP contribution in [0.2, 0.25) is 0 Å². The van der Waals surface area contributed by atoms with Crippen LogP contribution in [-0.2, 0) is 11.3 Å². The lowest BCUT2D eigenvalue weighted by molar-refractivity contribution is -0.122. The van der Waals surface area contributed by atoms with E-state index in [1.54, 1.807) is 26.5 Å². The van der Waals surface area contributed by atoms with E-state index < -0.39 is 0 Å². The first-order valence-corrected chi connectivity index (χ1v) is 6.67. The molecule has 21 heavy (non-hydrogen) atoms. The third-order valence-electron chi connectivity index (χ3n) is 3.37. The van der Waals surface area contributed by atoms with Gasteiger partial charge in [-0.15, -0.1) is 0 Å². The van der Waals surface area contributed by atoms with E-state index in [4.69, 9.17) is 24.5 Å². The Labute approximate surface area is 124 Å². The average molecular weight is 298 g/mol. The summed E-state index contributed by atoms with van der Waals surface area (Å²) < 4.78 is 10.6. The summed E-state index contributed by atoms with van der Waals surface area (Å²) in [5, 5.41) is 16.0. The summed E-state index contributed by atoms with van der Waals surface area (Å²) >= 11 is 0. The van der Waals surface area contributed by atoms with E-state index in [1.807, 2.05) is 0 Å². The third kappa shape index (κ3) is 4.87. The van der Waals surface area contributed by atoms with Crippen molar-refractivity contribution in [2.45, 2.75) is 13.0 Å². The van der Waals surface area contributed by atoms with Gasteiger partial charge in [-0.3, -0.25) is 14.7 Å². The number of aliphatic hydroxyl groups excluding tert-OH is 1. The maximum Gasteiger partial charge on any atom is 0.290 e. The van der Waals surface area contributed by atoms with E-state index in [-0.39, 0.29) is 13.1 Å². The summed E-state index contributed by atoms with van der Waals surface area (Å²) in [5.41, 5.74) is 0.885. The number of hydrogen-bond acceptors (Lipinski definition) is 6. The molecule has 1 aromatic rings. The molecule has 0 amide bonds. The van der Waals surface area contributed by atoms with Crippen molar-refractivity contribution in [1.29, 1.82) is 0 Å². The van der Waals surface area contributed by atoms with E-state index in [9.17, 15) is 0 Å². The van der Waals surface area contributed by atoms with Gasteiger partial charge in [-0.25, -0.2) is 0 Å². The minimum atomic E-state index is -0.250. The molecule has 0 aromatic carbocycles. The number of carbonyl (C=O) groups is 1. The fraction of sp³-hybridized carbons (Fsp3) is 0.571. The number of aromatic nitrogens is 1. The van der Waals surface area contributed by atoms with Gasteiger partial charge in [-0.2, -0.15) is 0 Å². The van der Waals surface area contributed by atoms with E-state index in [0.717, 1.165) is 31.7 Å². The summed E-state index contributed by atoms with van der Waals surface area (Å²) in [6.07, 6.45) is 2.78. The van der Waals surface area contributed by atoms with Crippen molar-refractivity contribution in [1.82, 2.24) is 9.88 Å². The molecule has 1 saturated heterocycles. The van der Waals surface area contributed by atoms with Crippen molar-refractivity contribution in [2.24, 2.45) is 5.92 Å². The maximum atomic E-state index is 9.15. The van der Waals surface area contributed by atoms with Gasteiger partial charge in [0.05, 0.1) is 14.2 Å². The second-order valence-electron chi connectivity index (χ2n) is 4.67. The van der Waals surface area contributed by atoms with Gasteiger partial charge in [-0.05, 0) is 18.9 Å². The number of pyridine rings is 1. The number of methoxy groups -OCH3 is 2. The Hall–Kier alpha value is -1.86. The molecule has 0 aliphatic carbocycles. The summed E-state index contributed by atoms with van der Waals surface area (Å²) in [6.45, 7) is 2.65. The zero-order valence-electron chi connectivity index (χ0n) is 12.4. The van der Waals surface area contributed by atoms with Crippen LogP contribution < -0.4 is 9.47 Å². The third-order valence-corrected chi connectivity index (χ3v) is 3.37. The zero-order chi connectivity index (χ0) is 15.7. The van der Waals surface area contributed by atoms with Crippen molar-refractivity contribution < 1.29 is 24.5 Å². The first-order chi connectivity index (χ1) is 10.2. The molecule has 0 spiro atoms. The van der Waals surface area contributed by atoms with Crippen LogP contribution in [0.15, 0.2) is 12.3 Å². The molecule has 7 heteroatoms. The number of likely N-dealkylation sites (tertiary alicyclic amines) is 1. The number of aliphatic hydroxyl groups is 1. The number of ether oxygens (including phenoxy) is 2. The van der Waals surface area contributed by atoms with Gasteiger partial charge in [0.25, 0.3) is 6.47 Å². The zero-order valence-corrected chi connectivity index (χ0v) is 12.4. The Bertz CT molecular complexity index is 441. The molecule has 7 nitrogen and oxygen atoms in total. The highest BCUT2D eigenvalue weighted by atomic mass is 16.5. The fourth-order valence-corrected chi connectivity index (χ4v) is 2.38. The van der Waals surface area contributed by atoms with Crippen molar-refractivity contribution in [3.05, 3.63) is 18.0 Å². The summed E-state index contributed by atoms with van der Waals surface area (Å²) in [5.74, 6) is 1.80. The van der Waals surface area contributed by atoms with Crippen LogP contribution in [0.3, 0.4) is 0 Å². The normalized spacial score (nSPS) is 17.8. The standard InChI is InChI=1S/C13H20N2O3.CH2O2/c1-17-12-3-5-14-11(13(12)18-2)8-15-6-4-10(7-15)9-16;2-1-3/h3,5,10,16H,4,6-9H2,1-2H3;1H,(H,2,3). The number of rotatable bonds is 5. The molecule has 1 unspecified atom stereocenters. The van der Waals surface area contributed by atoms with E-state index >= 15 is 0 Å². The van der Waals surface area contributed by atoms with Gasteiger partial charge in [0.1, 0.15) is 5.69 Å². The number of carboxylic acid groups (broad SMARTS) is 1. The van der Waals surface area contributed by atoms with Crippen LogP contribution in [0.4, 0.5) is 0 Å². The van der Waals surface area contributed by atoms with Crippen LogP contribution >= 0.6 is 0 Å². The SMILES string of the molecule is COc1ccnc(CN2CCC(CO)C2)c1OC.O=CO. The summed E-state index contributed by atoms with van der Waals surface area (Å²) in [6, 6.07) is 1.79. The minimum absolute atomic E-state index is 0.250. The Morgan fingerprint density at radius 3 is 2.71 bits per heavy atom. The van der Waals surface area contributed by atoms with Gasteiger partial charge < -0.3 is 19.7 Å². The van der Waals surface area contributed by atoms with Crippen molar-refractivity contribution in [3.8, 4) is 11.5 Å². The molecule has 2 heterocycles. The molecule has 118 valence electrons. The van der Waals surface area contributed by atoms with Crippen molar-refractivity contribution in [3.63, 3.8) is 0 Å². The molecule has 2 N–H and O–H groups in total. The Morgan fingerprint density at radius 2 is 2.19 bits per heavy atom. The average Bonchev–Trinajstić information content (AvgIpc) is 2.95. The second kappa shape index (κ2) is 9.15. The van der Waals surface area contributed by atoms with Gasteiger partial charge in [-0.1, -0.05) is 0 Å². The molecular formula is C14H22N2O5. The van der Waals surface area contributed by atoms with E-state index in [2.05, 4.69) is 9.88 Å². The fourth-order valence-electron chi connectivity index (χ4n) is 2.38. The predicted molar refractivity (Wildman–Crippen MR) is 76.5 cm³/mol. The van der Waals surface area contributed by atoms with Crippen molar-refractivity contribution >= 4 is 6.47 Å². The minimum Gasteiger partial charge on any atom is -0.493 e. The van der Waals surface area contributed by atoms with Gasteiger partial charge in [0.2, 0.25) is 0 Å². The molecule has 1 aliphatic rings. The van der Waals surface area contributed by atoms with Crippen LogP contribution in [0.25, 0.3) is 0 Å². The number of nitrogens with zero attached hydrogens (tertiary/aromatic N) is 2. The lowest BCUT2D eigenvalue weighted by atomic mass is 10.1. The lowest BCUT2D eigenvalue weighted by Crippen LogP contribution is -2.22. The molecule has 1 fully saturated rings. The largest absolute Gasteiger partial charge is 0.493 e. The monoisotopic (exact) mass is 298 g/mol. The quantitative estimate of drug-likeness (QED) is 0.770. The van der Waals surface area contributed by atoms with E-state index in [0.29, 0.717) is 17.4 Å². The Balaban J connectivity index is 0.000000677. The van der Waals surface area contributed by atoms with Crippen LogP contribution in [-0.4, -0.2) is 60.5 Å². The summed E-state index contributed by atoms with van der Waals surface area (Å²) in [4.78, 5) is 15.0. The molecule has 2 rings (SSSR count). The van der Waals surface area contributed by atoms with Crippen molar-refractivity contribution in [2.75, 3.05) is 33.9 Å². The lowest BCUT2D eigenvalue weighted by Gasteiger charge is -2.17. The predicted octanol–water partition coefficient (Wildman–Crippen LogP) is 0.614. The van der Waals surface area contributed by atoms with Gasteiger partial charge >= 0.3 is 0 Å². The first-order valence-electron chi connectivity index (χ1n) is 6.67. The highest BCUT2D eigenvalue weighted by molar-refractivity contribution is 5.42. The highest BCUT2D eigenvalue weighted by Gasteiger charge is 2.23. The van der Waals surface area contributed by atoms with Crippen LogP contribution in [0.5, 0.6) is 11.5 Å². The Kier molecular flexibility index (Phi) is 7.49. The second-order valence-corrected chi connectivity index (χ2v) is 4.67. The van der Waals surface area contributed by atoms with Crippen LogP contribution in [0.1, 0.15) is 12.1 Å². The molecule has 0 radical (unpaired) electrons. The molecule has 0 saturated carbocycles. The molecule has 1 aliphatic heterocycles. The molecule has 1 atom stereocenters. The van der Waals surface area contributed by atoms with E-state index in [1.165, 1.54) is 0 Å². The van der Waals surface area contributed by atoms with Crippen LogP contribution in [0, 0.1) is 5.92 Å². The number of hydrogen-bond donors (Lipinski definition) is 2. The molecular weight excluding hydrogens is 276 g/mol. The highest BCUT2D eigenvalue weighted by Crippen LogP contribution is 2.30. The summed E-state index contributed by atoms with van der Waals surface area (Å²) in [7, 11) is 3.25. The maximum absolute atomic E-state index is 9.15. The van der Waals surface area contributed by atoms with Gasteiger partial charge in [0.15, 0.2) is 11.5 Å². The smallest absolute Gasteiger partial charge is 0.290 e. The topological polar surface area (TPSA) is 92.1 Å².